The van der Waals surface area contributed by atoms with E-state index in [1.165, 1.54) is 37.0 Å². The summed E-state index contributed by atoms with van der Waals surface area (Å²) in [5, 5.41) is 1.02. The SMILES string of the molecule is CCCCCCCN1C=Nc2c(sc3nccc(N(C)CCC)c23)C(=O)C1. The van der Waals surface area contributed by atoms with E-state index in [1.807, 2.05) is 18.6 Å². The van der Waals surface area contributed by atoms with Crippen molar-refractivity contribution in [1.82, 2.24) is 9.88 Å². The number of hydrogen-bond acceptors (Lipinski definition) is 6. The van der Waals surface area contributed by atoms with Crippen LogP contribution in [0, 0.1) is 0 Å². The van der Waals surface area contributed by atoms with Crippen LogP contribution in [0.2, 0.25) is 0 Å². The topological polar surface area (TPSA) is 48.8 Å². The first-order chi connectivity index (χ1) is 13.2. The van der Waals surface area contributed by atoms with E-state index in [0.717, 1.165) is 52.4 Å². The van der Waals surface area contributed by atoms with Crippen molar-refractivity contribution in [2.24, 2.45) is 4.99 Å². The van der Waals surface area contributed by atoms with Gasteiger partial charge in [0.05, 0.1) is 29.6 Å². The van der Waals surface area contributed by atoms with Gasteiger partial charge in [-0.15, -0.1) is 11.3 Å². The van der Waals surface area contributed by atoms with Gasteiger partial charge in [-0.2, -0.15) is 0 Å². The third kappa shape index (κ3) is 4.49. The molecule has 0 N–H and O–H groups in total. The number of fused-ring (bicyclic) bond motifs is 3. The highest BCUT2D eigenvalue weighted by Gasteiger charge is 2.25. The molecule has 0 saturated heterocycles. The minimum atomic E-state index is 0.156. The number of carbonyl (C=O) groups excluding carboxylic acids is 1. The number of carbonyl (C=O) groups is 1. The number of nitrogens with zero attached hydrogens (tertiary/aromatic N) is 4. The average molecular weight is 387 g/mol. The van der Waals surface area contributed by atoms with Gasteiger partial charge in [0.2, 0.25) is 0 Å². The Morgan fingerprint density at radius 3 is 2.78 bits per heavy atom. The second-order valence-corrected chi connectivity index (χ2v) is 8.26. The number of aliphatic imine (C=N–C) groups is 1. The number of Topliss-reactive ketones (excluding diaryl/α,β-unsaturated/α-hetero) is 1. The largest absolute Gasteiger partial charge is 0.374 e. The van der Waals surface area contributed by atoms with E-state index in [0.29, 0.717) is 6.54 Å². The number of anilines is 1. The maximum Gasteiger partial charge on any atom is 0.194 e. The average Bonchev–Trinajstić information content (AvgIpc) is 2.97. The smallest absolute Gasteiger partial charge is 0.194 e. The van der Waals surface area contributed by atoms with Crippen molar-refractivity contribution in [2.75, 3.05) is 31.6 Å². The number of unbranched alkanes of at least 4 members (excludes halogenated alkanes) is 4. The summed E-state index contributed by atoms with van der Waals surface area (Å²) in [6.45, 7) is 6.67. The van der Waals surface area contributed by atoms with Crippen LogP contribution in [0.3, 0.4) is 0 Å². The Labute approximate surface area is 166 Å². The summed E-state index contributed by atoms with van der Waals surface area (Å²) < 4.78 is 0. The van der Waals surface area contributed by atoms with E-state index in [2.05, 4.69) is 35.7 Å². The number of aromatic nitrogens is 1. The Morgan fingerprint density at radius 1 is 1.19 bits per heavy atom. The number of hydrogen-bond donors (Lipinski definition) is 0. The van der Waals surface area contributed by atoms with Crippen LogP contribution in [-0.2, 0) is 0 Å². The molecule has 0 aromatic carbocycles. The monoisotopic (exact) mass is 386 g/mol. The van der Waals surface area contributed by atoms with Gasteiger partial charge in [0.15, 0.2) is 5.78 Å². The minimum absolute atomic E-state index is 0.156. The molecular formula is C21H30N4OS. The molecule has 1 aliphatic heterocycles. The Morgan fingerprint density at radius 2 is 2.00 bits per heavy atom. The van der Waals surface area contributed by atoms with Gasteiger partial charge in [0.25, 0.3) is 0 Å². The molecule has 27 heavy (non-hydrogen) atoms. The van der Waals surface area contributed by atoms with Crippen LogP contribution in [0.15, 0.2) is 17.3 Å². The maximum absolute atomic E-state index is 12.9. The van der Waals surface area contributed by atoms with Crippen molar-refractivity contribution in [3.05, 3.63) is 17.1 Å². The quantitative estimate of drug-likeness (QED) is 0.551. The standard InChI is InChI=1S/C21H30N4OS/c1-4-6-7-8-9-13-25-14-17(26)20-19(23-15-25)18-16(24(3)12-5-2)10-11-22-21(18)27-20/h10-11,15H,4-9,12-14H2,1-3H3. The van der Waals surface area contributed by atoms with Crippen molar-refractivity contribution in [2.45, 2.75) is 52.4 Å². The normalized spacial score (nSPS) is 13.9. The summed E-state index contributed by atoms with van der Waals surface area (Å²) in [5.74, 6) is 0.156. The van der Waals surface area contributed by atoms with Gasteiger partial charge in [-0.1, -0.05) is 39.5 Å². The lowest BCUT2D eigenvalue weighted by atomic mass is 10.1. The predicted octanol–water partition coefficient (Wildman–Crippen LogP) is 5.27. The molecule has 5 nitrogen and oxygen atoms in total. The van der Waals surface area contributed by atoms with E-state index >= 15 is 0 Å². The van der Waals surface area contributed by atoms with E-state index in [9.17, 15) is 4.79 Å². The van der Waals surface area contributed by atoms with Crippen LogP contribution in [-0.4, -0.2) is 48.7 Å². The van der Waals surface area contributed by atoms with E-state index in [-0.39, 0.29) is 5.78 Å². The summed E-state index contributed by atoms with van der Waals surface area (Å²) in [6, 6.07) is 2.03. The van der Waals surface area contributed by atoms with Crippen molar-refractivity contribution in [3.8, 4) is 0 Å². The van der Waals surface area contributed by atoms with Crippen molar-refractivity contribution >= 4 is 45.0 Å². The van der Waals surface area contributed by atoms with E-state index in [1.54, 1.807) is 0 Å². The minimum Gasteiger partial charge on any atom is -0.374 e. The highest BCUT2D eigenvalue weighted by Crippen LogP contribution is 2.42. The van der Waals surface area contributed by atoms with E-state index in [4.69, 9.17) is 4.99 Å². The molecule has 1 aliphatic rings. The molecule has 0 aliphatic carbocycles. The van der Waals surface area contributed by atoms with Gasteiger partial charge in [-0.3, -0.25) is 4.79 Å². The van der Waals surface area contributed by atoms with Gasteiger partial charge >= 0.3 is 0 Å². The molecule has 6 heteroatoms. The Hall–Kier alpha value is -1.95. The molecule has 0 atom stereocenters. The Balaban J connectivity index is 1.84. The van der Waals surface area contributed by atoms with Gasteiger partial charge in [-0.25, -0.2) is 9.98 Å². The zero-order valence-corrected chi connectivity index (χ0v) is 17.5. The zero-order chi connectivity index (χ0) is 19.2. The Bertz CT molecular complexity index is 814. The molecule has 0 amide bonds. The lowest BCUT2D eigenvalue weighted by Crippen LogP contribution is -2.28. The first-order valence-corrected chi connectivity index (χ1v) is 10.9. The highest BCUT2D eigenvalue weighted by atomic mass is 32.1. The summed E-state index contributed by atoms with van der Waals surface area (Å²) >= 11 is 1.48. The Kier molecular flexibility index (Phi) is 6.83. The van der Waals surface area contributed by atoms with Gasteiger partial charge in [0.1, 0.15) is 9.71 Å². The fraction of sp³-hybridized carbons (Fsp3) is 0.571. The molecule has 2 aromatic heterocycles. The second kappa shape index (κ2) is 9.31. The molecule has 0 fully saturated rings. The zero-order valence-electron chi connectivity index (χ0n) is 16.7. The van der Waals surface area contributed by atoms with Crippen LogP contribution < -0.4 is 4.90 Å². The third-order valence-electron chi connectivity index (χ3n) is 5.01. The van der Waals surface area contributed by atoms with Crippen LogP contribution in [0.5, 0.6) is 0 Å². The molecule has 0 unspecified atom stereocenters. The summed E-state index contributed by atoms with van der Waals surface area (Å²) in [5.41, 5.74) is 1.91. The fourth-order valence-electron chi connectivity index (χ4n) is 3.57. The van der Waals surface area contributed by atoms with Crippen molar-refractivity contribution < 1.29 is 4.79 Å². The predicted molar refractivity (Wildman–Crippen MR) is 116 cm³/mol. The summed E-state index contributed by atoms with van der Waals surface area (Å²) in [4.78, 5) is 28.1. The molecule has 0 spiro atoms. The first kappa shape index (κ1) is 19.8. The van der Waals surface area contributed by atoms with Crippen LogP contribution in [0.1, 0.15) is 62.0 Å². The fourth-order valence-corrected chi connectivity index (χ4v) is 4.61. The molecule has 146 valence electrons. The number of pyridine rings is 1. The molecule has 3 rings (SSSR count). The molecule has 0 radical (unpaired) electrons. The highest BCUT2D eigenvalue weighted by molar-refractivity contribution is 7.21. The van der Waals surface area contributed by atoms with Crippen molar-refractivity contribution in [3.63, 3.8) is 0 Å². The number of ketones is 1. The maximum atomic E-state index is 12.9. The van der Waals surface area contributed by atoms with Crippen molar-refractivity contribution in [1.29, 1.82) is 0 Å². The number of thiophene rings is 1. The summed E-state index contributed by atoms with van der Waals surface area (Å²) in [7, 11) is 2.09. The van der Waals surface area contributed by atoms with Gasteiger partial charge < -0.3 is 9.80 Å². The molecular weight excluding hydrogens is 356 g/mol. The molecule has 2 aromatic rings. The second-order valence-electron chi connectivity index (χ2n) is 7.26. The lowest BCUT2D eigenvalue weighted by Gasteiger charge is -2.19. The number of rotatable bonds is 9. The van der Waals surface area contributed by atoms with E-state index < -0.39 is 0 Å². The van der Waals surface area contributed by atoms with Gasteiger partial charge in [0, 0.05) is 26.3 Å². The first-order valence-electron chi connectivity index (χ1n) is 10.1. The lowest BCUT2D eigenvalue weighted by molar-refractivity contribution is 0.0970. The molecule has 0 saturated carbocycles. The molecule has 0 bridgehead atoms. The third-order valence-corrected chi connectivity index (χ3v) is 6.14. The van der Waals surface area contributed by atoms with Crippen LogP contribution in [0.25, 0.3) is 10.2 Å². The van der Waals surface area contributed by atoms with Gasteiger partial charge in [-0.05, 0) is 18.9 Å². The summed E-state index contributed by atoms with van der Waals surface area (Å²) in [6.07, 6.45) is 10.9. The molecule has 3 heterocycles. The van der Waals surface area contributed by atoms with Crippen LogP contribution >= 0.6 is 11.3 Å². The van der Waals surface area contributed by atoms with Crippen LogP contribution in [0.4, 0.5) is 11.4 Å².